The highest BCUT2D eigenvalue weighted by molar-refractivity contribution is 5.34. The first kappa shape index (κ1) is 10.9. The van der Waals surface area contributed by atoms with Gasteiger partial charge in [0.15, 0.2) is 0 Å². The predicted octanol–water partition coefficient (Wildman–Crippen LogP) is 3.01. The van der Waals surface area contributed by atoms with Gasteiger partial charge in [0.1, 0.15) is 30.2 Å². The predicted molar refractivity (Wildman–Crippen MR) is 47.2 cm³/mol. The average Bonchev–Trinajstić information content (AvgIpc) is 2.08. The minimum absolute atomic E-state index is 0.0481. The second-order valence-corrected chi connectivity index (χ2v) is 3.10. The zero-order valence-corrected chi connectivity index (χ0v) is 7.98. The van der Waals surface area contributed by atoms with Gasteiger partial charge in [0.05, 0.1) is 0 Å². The smallest absolute Gasteiger partial charge is 0.132 e. The van der Waals surface area contributed by atoms with Gasteiger partial charge in [-0.05, 0) is 13.8 Å². The van der Waals surface area contributed by atoms with E-state index in [1.807, 2.05) is 0 Å². The zero-order chi connectivity index (χ0) is 10.7. The molecule has 1 atom stereocenters. The second-order valence-electron chi connectivity index (χ2n) is 3.10. The van der Waals surface area contributed by atoms with Gasteiger partial charge in [-0.15, -0.1) is 0 Å². The van der Waals surface area contributed by atoms with Crippen molar-refractivity contribution in [2.75, 3.05) is 6.61 Å². The lowest BCUT2D eigenvalue weighted by Crippen LogP contribution is -2.09. The van der Waals surface area contributed by atoms with Gasteiger partial charge in [-0.2, -0.15) is 0 Å². The summed E-state index contributed by atoms with van der Waals surface area (Å²) in [6.45, 7) is 2.56. The number of alkyl halides is 1. The van der Waals surface area contributed by atoms with Gasteiger partial charge in [-0.3, -0.25) is 0 Å². The fourth-order valence-electron chi connectivity index (χ4n) is 0.977. The Morgan fingerprint density at radius 3 is 2.57 bits per heavy atom. The standard InChI is InChI=1S/C10H11F3O/c1-6(11)5-14-10-4-8(12)3-9(13)7(10)2/h3-4,6H,5H2,1-2H3. The van der Waals surface area contributed by atoms with E-state index in [0.29, 0.717) is 0 Å². The van der Waals surface area contributed by atoms with Crippen LogP contribution < -0.4 is 4.74 Å². The number of benzene rings is 1. The van der Waals surface area contributed by atoms with Gasteiger partial charge < -0.3 is 4.74 Å². The van der Waals surface area contributed by atoms with Crippen LogP contribution in [0.5, 0.6) is 5.75 Å². The van der Waals surface area contributed by atoms with Crippen LogP contribution in [0.15, 0.2) is 12.1 Å². The highest BCUT2D eigenvalue weighted by Gasteiger charge is 2.09. The third kappa shape index (κ3) is 2.65. The van der Waals surface area contributed by atoms with Crippen LogP contribution in [-0.4, -0.2) is 12.8 Å². The monoisotopic (exact) mass is 204 g/mol. The Kier molecular flexibility index (Phi) is 3.38. The third-order valence-electron chi connectivity index (χ3n) is 1.73. The Bertz CT molecular complexity index is 323. The van der Waals surface area contributed by atoms with E-state index in [0.717, 1.165) is 12.1 Å². The number of hydrogen-bond acceptors (Lipinski definition) is 1. The maximum atomic E-state index is 13.0. The fraction of sp³-hybridized carbons (Fsp3) is 0.400. The molecule has 0 saturated heterocycles. The summed E-state index contributed by atoms with van der Waals surface area (Å²) in [5.41, 5.74) is 0.187. The highest BCUT2D eigenvalue weighted by Crippen LogP contribution is 2.22. The van der Waals surface area contributed by atoms with Gasteiger partial charge in [0, 0.05) is 17.7 Å². The van der Waals surface area contributed by atoms with E-state index >= 15 is 0 Å². The van der Waals surface area contributed by atoms with E-state index < -0.39 is 17.8 Å². The minimum Gasteiger partial charge on any atom is -0.490 e. The molecule has 1 unspecified atom stereocenters. The van der Waals surface area contributed by atoms with Crippen LogP contribution in [-0.2, 0) is 0 Å². The Balaban J connectivity index is 2.85. The molecule has 1 nitrogen and oxygen atoms in total. The van der Waals surface area contributed by atoms with Crippen LogP contribution >= 0.6 is 0 Å². The number of halogens is 3. The van der Waals surface area contributed by atoms with Crippen LogP contribution in [0.4, 0.5) is 13.2 Å². The summed E-state index contributed by atoms with van der Waals surface area (Å²) in [6, 6.07) is 1.81. The van der Waals surface area contributed by atoms with Crippen molar-refractivity contribution in [3.63, 3.8) is 0 Å². The molecule has 0 aliphatic carbocycles. The quantitative estimate of drug-likeness (QED) is 0.735. The van der Waals surface area contributed by atoms with Gasteiger partial charge in [-0.1, -0.05) is 0 Å². The van der Waals surface area contributed by atoms with Crippen LogP contribution in [0.1, 0.15) is 12.5 Å². The summed E-state index contributed by atoms with van der Waals surface area (Å²) >= 11 is 0. The van der Waals surface area contributed by atoms with E-state index in [-0.39, 0.29) is 17.9 Å². The van der Waals surface area contributed by atoms with Crippen molar-refractivity contribution in [1.82, 2.24) is 0 Å². The molecular formula is C10H11F3O. The zero-order valence-electron chi connectivity index (χ0n) is 7.98. The fourth-order valence-corrected chi connectivity index (χ4v) is 0.977. The Morgan fingerprint density at radius 2 is 2.00 bits per heavy atom. The number of ether oxygens (including phenoxy) is 1. The summed E-state index contributed by atoms with van der Waals surface area (Å²) in [7, 11) is 0. The maximum absolute atomic E-state index is 13.0. The summed E-state index contributed by atoms with van der Waals surface area (Å²) in [6.07, 6.45) is -1.17. The molecule has 1 aromatic carbocycles. The van der Waals surface area contributed by atoms with Gasteiger partial charge in [0.2, 0.25) is 0 Å². The first-order valence-corrected chi connectivity index (χ1v) is 4.23. The minimum atomic E-state index is -1.17. The molecule has 0 aliphatic rings. The summed E-state index contributed by atoms with van der Waals surface area (Å²) in [5.74, 6) is -1.37. The summed E-state index contributed by atoms with van der Waals surface area (Å²) in [5, 5.41) is 0. The molecule has 14 heavy (non-hydrogen) atoms. The molecule has 1 rings (SSSR count). The molecule has 0 fully saturated rings. The molecule has 0 saturated carbocycles. The molecular weight excluding hydrogens is 193 g/mol. The molecule has 0 amide bonds. The molecule has 0 N–H and O–H groups in total. The normalized spacial score (nSPS) is 12.6. The SMILES string of the molecule is Cc1c(F)cc(F)cc1OCC(C)F. The van der Waals surface area contributed by atoms with Gasteiger partial charge >= 0.3 is 0 Å². The Morgan fingerprint density at radius 1 is 1.36 bits per heavy atom. The lowest BCUT2D eigenvalue weighted by Gasteiger charge is -2.10. The lowest BCUT2D eigenvalue weighted by molar-refractivity contribution is 0.207. The average molecular weight is 204 g/mol. The maximum Gasteiger partial charge on any atom is 0.132 e. The molecule has 78 valence electrons. The van der Waals surface area contributed by atoms with Crippen molar-refractivity contribution in [2.45, 2.75) is 20.0 Å². The molecule has 4 heteroatoms. The van der Waals surface area contributed by atoms with Crippen molar-refractivity contribution in [1.29, 1.82) is 0 Å². The van der Waals surface area contributed by atoms with Crippen molar-refractivity contribution in [3.05, 3.63) is 29.3 Å². The highest BCUT2D eigenvalue weighted by atomic mass is 19.1. The van der Waals surface area contributed by atoms with Crippen LogP contribution in [0.3, 0.4) is 0 Å². The van der Waals surface area contributed by atoms with Crippen LogP contribution in [0.2, 0.25) is 0 Å². The molecule has 0 aromatic heterocycles. The van der Waals surface area contributed by atoms with E-state index in [1.54, 1.807) is 0 Å². The molecule has 0 bridgehead atoms. The summed E-state index contributed by atoms with van der Waals surface area (Å²) in [4.78, 5) is 0. The van der Waals surface area contributed by atoms with E-state index in [2.05, 4.69) is 0 Å². The molecule has 0 aliphatic heterocycles. The number of hydrogen-bond donors (Lipinski definition) is 0. The Labute approximate surface area is 80.5 Å². The lowest BCUT2D eigenvalue weighted by atomic mass is 10.2. The molecule has 1 aromatic rings. The van der Waals surface area contributed by atoms with Gasteiger partial charge in [-0.25, -0.2) is 13.2 Å². The van der Waals surface area contributed by atoms with Crippen LogP contribution in [0.25, 0.3) is 0 Å². The van der Waals surface area contributed by atoms with Crippen molar-refractivity contribution in [3.8, 4) is 5.75 Å². The number of rotatable bonds is 3. The molecule has 0 heterocycles. The molecule has 0 spiro atoms. The summed E-state index contributed by atoms with van der Waals surface area (Å²) < 4.78 is 43.0. The van der Waals surface area contributed by atoms with Crippen molar-refractivity contribution >= 4 is 0 Å². The van der Waals surface area contributed by atoms with Crippen molar-refractivity contribution < 1.29 is 17.9 Å². The van der Waals surface area contributed by atoms with E-state index in [4.69, 9.17) is 4.74 Å². The third-order valence-corrected chi connectivity index (χ3v) is 1.73. The van der Waals surface area contributed by atoms with E-state index in [1.165, 1.54) is 13.8 Å². The molecule has 0 radical (unpaired) electrons. The Hall–Kier alpha value is -1.19. The van der Waals surface area contributed by atoms with Crippen LogP contribution in [0, 0.1) is 18.6 Å². The van der Waals surface area contributed by atoms with E-state index in [9.17, 15) is 13.2 Å². The first-order valence-electron chi connectivity index (χ1n) is 4.23. The first-order chi connectivity index (χ1) is 6.50. The topological polar surface area (TPSA) is 9.23 Å². The van der Waals surface area contributed by atoms with Crippen molar-refractivity contribution in [2.24, 2.45) is 0 Å². The van der Waals surface area contributed by atoms with Gasteiger partial charge in [0.25, 0.3) is 0 Å². The second kappa shape index (κ2) is 4.35. The largest absolute Gasteiger partial charge is 0.490 e.